The first-order valence-electron chi connectivity index (χ1n) is 5.64. The normalized spacial score (nSPS) is 12.4. The largest absolute Gasteiger partial charge is 0.392 e. The second kappa shape index (κ2) is 5.32. The molecule has 0 radical (unpaired) electrons. The van der Waals surface area contributed by atoms with Crippen molar-refractivity contribution in [3.8, 4) is 11.1 Å². The van der Waals surface area contributed by atoms with Gasteiger partial charge in [0.2, 0.25) is 0 Å². The number of likely N-dealkylation sites (N-methyl/N-ethyl adjacent to an activating group) is 1. The summed E-state index contributed by atoms with van der Waals surface area (Å²) in [7, 11) is 1.92. The van der Waals surface area contributed by atoms with Crippen LogP contribution in [0.1, 0.15) is 6.92 Å². The molecule has 0 amide bonds. The molecule has 0 bridgehead atoms. The minimum absolute atomic E-state index is 0.403. The van der Waals surface area contributed by atoms with E-state index in [4.69, 9.17) is 5.73 Å². The molecule has 0 fully saturated rings. The predicted octanol–water partition coefficient (Wildman–Crippen LogP) is 1.60. The van der Waals surface area contributed by atoms with E-state index in [9.17, 15) is 5.11 Å². The number of aliphatic hydroxyl groups excluding tert-OH is 1. The fourth-order valence-electron chi connectivity index (χ4n) is 1.82. The van der Waals surface area contributed by atoms with Crippen LogP contribution in [0.25, 0.3) is 11.1 Å². The van der Waals surface area contributed by atoms with Gasteiger partial charge in [-0.3, -0.25) is 4.98 Å². The molecule has 0 saturated heterocycles. The van der Waals surface area contributed by atoms with E-state index in [-0.39, 0.29) is 0 Å². The summed E-state index contributed by atoms with van der Waals surface area (Å²) in [4.78, 5) is 6.06. The average Bonchev–Trinajstić information content (AvgIpc) is 2.71. The van der Waals surface area contributed by atoms with Gasteiger partial charge in [-0.1, -0.05) is 6.07 Å². The highest BCUT2D eigenvalue weighted by Crippen LogP contribution is 2.38. The molecule has 1 unspecified atom stereocenters. The number of hydrogen-bond acceptors (Lipinski definition) is 6. The molecule has 0 aliphatic carbocycles. The van der Waals surface area contributed by atoms with Gasteiger partial charge in [0.1, 0.15) is 10.8 Å². The molecule has 2 aromatic heterocycles. The number of anilines is 2. The molecular weight excluding hydrogens is 248 g/mol. The number of rotatable bonds is 4. The van der Waals surface area contributed by atoms with Crippen molar-refractivity contribution in [1.82, 2.24) is 9.36 Å². The molecule has 0 aliphatic heterocycles. The highest BCUT2D eigenvalue weighted by Gasteiger charge is 2.17. The lowest BCUT2D eigenvalue weighted by molar-refractivity contribution is 0.202. The fraction of sp³-hybridized carbons (Fsp3) is 0.333. The zero-order valence-corrected chi connectivity index (χ0v) is 11.2. The summed E-state index contributed by atoms with van der Waals surface area (Å²) in [5.74, 6) is 0.500. The maximum atomic E-state index is 9.45. The third kappa shape index (κ3) is 2.60. The van der Waals surface area contributed by atoms with Crippen molar-refractivity contribution >= 4 is 22.4 Å². The lowest BCUT2D eigenvalue weighted by Crippen LogP contribution is -2.26. The van der Waals surface area contributed by atoms with Crippen LogP contribution in [0.2, 0.25) is 0 Å². The second-order valence-electron chi connectivity index (χ2n) is 4.22. The molecule has 5 nitrogen and oxygen atoms in total. The van der Waals surface area contributed by atoms with Crippen molar-refractivity contribution in [3.05, 3.63) is 24.5 Å². The van der Waals surface area contributed by atoms with E-state index in [1.165, 1.54) is 11.5 Å². The molecule has 2 heterocycles. The Labute approximate surface area is 110 Å². The van der Waals surface area contributed by atoms with Crippen LogP contribution in [0.4, 0.5) is 10.8 Å². The minimum atomic E-state index is -0.403. The van der Waals surface area contributed by atoms with Gasteiger partial charge in [-0.05, 0) is 24.5 Å². The van der Waals surface area contributed by atoms with E-state index >= 15 is 0 Å². The third-order valence-electron chi connectivity index (χ3n) is 2.54. The Balaban J connectivity index is 2.39. The molecular formula is C12H16N4OS. The summed E-state index contributed by atoms with van der Waals surface area (Å²) in [5, 5.41) is 10.4. The van der Waals surface area contributed by atoms with Gasteiger partial charge >= 0.3 is 0 Å². The maximum Gasteiger partial charge on any atom is 0.147 e. The monoisotopic (exact) mass is 264 g/mol. The van der Waals surface area contributed by atoms with Gasteiger partial charge in [0.15, 0.2) is 0 Å². The molecule has 0 spiro atoms. The first-order chi connectivity index (χ1) is 8.59. The van der Waals surface area contributed by atoms with Crippen LogP contribution >= 0.6 is 11.5 Å². The number of nitrogens with two attached hydrogens (primary N) is 1. The minimum Gasteiger partial charge on any atom is -0.392 e. The smallest absolute Gasteiger partial charge is 0.147 e. The van der Waals surface area contributed by atoms with Gasteiger partial charge in [0, 0.05) is 31.5 Å². The van der Waals surface area contributed by atoms with Crippen molar-refractivity contribution in [2.45, 2.75) is 13.0 Å². The van der Waals surface area contributed by atoms with Gasteiger partial charge < -0.3 is 15.7 Å². The van der Waals surface area contributed by atoms with E-state index in [1.54, 1.807) is 19.3 Å². The van der Waals surface area contributed by atoms with E-state index in [0.29, 0.717) is 12.4 Å². The van der Waals surface area contributed by atoms with Crippen molar-refractivity contribution in [1.29, 1.82) is 0 Å². The number of pyridine rings is 1. The Bertz CT molecular complexity index is 512. The van der Waals surface area contributed by atoms with Crippen molar-refractivity contribution < 1.29 is 5.11 Å². The quantitative estimate of drug-likeness (QED) is 0.877. The maximum absolute atomic E-state index is 9.45. The van der Waals surface area contributed by atoms with Crippen LogP contribution in [0, 0.1) is 0 Å². The van der Waals surface area contributed by atoms with Crippen LogP contribution < -0.4 is 10.6 Å². The Morgan fingerprint density at radius 3 is 2.94 bits per heavy atom. The molecule has 18 heavy (non-hydrogen) atoms. The molecule has 2 rings (SSSR count). The zero-order chi connectivity index (χ0) is 13.1. The highest BCUT2D eigenvalue weighted by molar-refractivity contribution is 7.11. The molecule has 96 valence electrons. The number of aromatic nitrogens is 2. The lowest BCUT2D eigenvalue weighted by Gasteiger charge is -2.20. The van der Waals surface area contributed by atoms with Crippen molar-refractivity contribution in [3.63, 3.8) is 0 Å². The third-order valence-corrected chi connectivity index (χ3v) is 3.51. The lowest BCUT2D eigenvalue weighted by atomic mass is 10.1. The summed E-state index contributed by atoms with van der Waals surface area (Å²) >= 11 is 1.33. The van der Waals surface area contributed by atoms with Crippen LogP contribution in [0.5, 0.6) is 0 Å². The zero-order valence-electron chi connectivity index (χ0n) is 10.4. The van der Waals surface area contributed by atoms with E-state index in [0.717, 1.165) is 16.1 Å². The molecule has 0 aromatic carbocycles. The van der Waals surface area contributed by atoms with Crippen LogP contribution in [-0.2, 0) is 0 Å². The summed E-state index contributed by atoms with van der Waals surface area (Å²) < 4.78 is 4.19. The molecule has 3 N–H and O–H groups in total. The molecule has 0 saturated carbocycles. The van der Waals surface area contributed by atoms with Gasteiger partial charge in [-0.15, -0.1) is 0 Å². The standard InChI is InChI=1S/C12H16N4OS/c1-8(17)7-16(2)12-10(11(13)15-18-12)9-4-3-5-14-6-9/h3-6,8,17H,7H2,1-2H3,(H2,13,15). The Hall–Kier alpha value is -1.66. The Kier molecular flexibility index (Phi) is 3.78. The van der Waals surface area contributed by atoms with Gasteiger partial charge in [-0.2, -0.15) is 4.37 Å². The Morgan fingerprint density at radius 2 is 2.33 bits per heavy atom. The highest BCUT2D eigenvalue weighted by atomic mass is 32.1. The summed E-state index contributed by atoms with van der Waals surface area (Å²) in [6.07, 6.45) is 3.08. The number of aliphatic hydroxyl groups is 1. The second-order valence-corrected chi connectivity index (χ2v) is 4.97. The van der Waals surface area contributed by atoms with E-state index in [2.05, 4.69) is 9.36 Å². The topological polar surface area (TPSA) is 75.3 Å². The average molecular weight is 264 g/mol. The molecule has 0 aliphatic rings. The SMILES string of the molecule is CC(O)CN(C)c1snc(N)c1-c1cccnc1. The Morgan fingerprint density at radius 1 is 1.56 bits per heavy atom. The van der Waals surface area contributed by atoms with Crippen molar-refractivity contribution in [2.24, 2.45) is 0 Å². The predicted molar refractivity (Wildman–Crippen MR) is 74.7 cm³/mol. The summed E-state index contributed by atoms with van der Waals surface area (Å²) in [6.45, 7) is 2.29. The summed E-state index contributed by atoms with van der Waals surface area (Å²) in [5.41, 5.74) is 7.75. The van der Waals surface area contributed by atoms with Crippen LogP contribution in [0.15, 0.2) is 24.5 Å². The molecule has 6 heteroatoms. The van der Waals surface area contributed by atoms with Gasteiger partial charge in [-0.25, -0.2) is 0 Å². The van der Waals surface area contributed by atoms with Crippen LogP contribution in [-0.4, -0.2) is 34.2 Å². The number of nitrogens with zero attached hydrogens (tertiary/aromatic N) is 3. The van der Waals surface area contributed by atoms with E-state index in [1.807, 2.05) is 24.1 Å². The van der Waals surface area contributed by atoms with Crippen LogP contribution in [0.3, 0.4) is 0 Å². The van der Waals surface area contributed by atoms with Gasteiger partial charge in [0.25, 0.3) is 0 Å². The first kappa shape index (κ1) is 12.8. The molecule has 2 aromatic rings. The van der Waals surface area contributed by atoms with Gasteiger partial charge in [0.05, 0.1) is 11.7 Å². The molecule has 1 atom stereocenters. The number of hydrogen-bond donors (Lipinski definition) is 2. The van der Waals surface area contributed by atoms with Crippen molar-refractivity contribution in [2.75, 3.05) is 24.2 Å². The van der Waals surface area contributed by atoms with E-state index < -0.39 is 6.10 Å². The number of nitrogen functional groups attached to an aromatic ring is 1. The first-order valence-corrected chi connectivity index (χ1v) is 6.41. The summed E-state index contributed by atoms with van der Waals surface area (Å²) in [6, 6.07) is 3.82. The fourth-order valence-corrected chi connectivity index (χ4v) is 2.62.